The minimum absolute atomic E-state index is 0.0136. The molecular weight excluding hydrogens is 376 g/mol. The molecule has 2 aromatic heterocycles. The molecule has 1 saturated heterocycles. The maximum Gasteiger partial charge on any atom is 0.174 e. The van der Waals surface area contributed by atoms with Crippen LogP contribution in [-0.2, 0) is 5.54 Å². The van der Waals surface area contributed by atoms with Crippen LogP contribution in [0.4, 0.5) is 5.69 Å². The first kappa shape index (κ1) is 19.6. The lowest BCUT2D eigenvalue weighted by Crippen LogP contribution is -2.29. The average Bonchev–Trinajstić information content (AvgIpc) is 3.26. The van der Waals surface area contributed by atoms with Gasteiger partial charge >= 0.3 is 0 Å². The second-order valence-corrected chi connectivity index (χ2v) is 9.25. The lowest BCUT2D eigenvalue weighted by atomic mass is 9.98. The van der Waals surface area contributed by atoms with E-state index in [1.165, 1.54) is 16.7 Å². The zero-order valence-corrected chi connectivity index (χ0v) is 18.5. The van der Waals surface area contributed by atoms with E-state index < -0.39 is 0 Å². The summed E-state index contributed by atoms with van der Waals surface area (Å²) in [5.41, 5.74) is 5.82. The number of nitrogens with zero attached hydrogens (tertiary/aromatic N) is 3. The second kappa shape index (κ2) is 7.30. The van der Waals surface area contributed by atoms with Crippen LogP contribution in [0, 0.1) is 13.8 Å². The van der Waals surface area contributed by atoms with Gasteiger partial charge in [0.25, 0.3) is 0 Å². The van der Waals surface area contributed by atoms with Gasteiger partial charge in [-0.2, -0.15) is 0 Å². The molecule has 1 N–H and O–H groups in total. The molecule has 0 unspecified atom stereocenters. The van der Waals surface area contributed by atoms with Gasteiger partial charge in [0.15, 0.2) is 5.11 Å². The SMILES string of the molecule is Cc1cc(C)cc(N2C(=S)N[C@@H](c3ccccn3)[C@@H]2c2ccn(C(C)(C)C)c2)c1. The number of hydrogen-bond acceptors (Lipinski definition) is 2. The number of thiocarbonyl (C=S) groups is 1. The molecule has 150 valence electrons. The molecule has 4 rings (SSSR count). The highest BCUT2D eigenvalue weighted by atomic mass is 32.1. The molecule has 1 aliphatic heterocycles. The van der Waals surface area contributed by atoms with Gasteiger partial charge in [0.1, 0.15) is 0 Å². The van der Waals surface area contributed by atoms with Crippen LogP contribution in [-0.4, -0.2) is 14.7 Å². The molecule has 0 spiro atoms. The molecule has 29 heavy (non-hydrogen) atoms. The van der Waals surface area contributed by atoms with Crippen molar-refractivity contribution in [2.24, 2.45) is 0 Å². The lowest BCUT2D eigenvalue weighted by Gasteiger charge is -2.28. The first-order chi connectivity index (χ1) is 13.7. The fraction of sp³-hybridized carbons (Fsp3) is 0.333. The maximum absolute atomic E-state index is 5.82. The normalized spacial score (nSPS) is 19.5. The Morgan fingerprint density at radius 3 is 2.34 bits per heavy atom. The summed E-state index contributed by atoms with van der Waals surface area (Å²) >= 11 is 5.82. The summed E-state index contributed by atoms with van der Waals surface area (Å²) < 4.78 is 2.26. The van der Waals surface area contributed by atoms with Crippen molar-refractivity contribution >= 4 is 23.0 Å². The third kappa shape index (κ3) is 3.79. The van der Waals surface area contributed by atoms with Crippen molar-refractivity contribution in [1.29, 1.82) is 0 Å². The van der Waals surface area contributed by atoms with E-state index in [1.807, 2.05) is 18.3 Å². The second-order valence-electron chi connectivity index (χ2n) is 8.87. The molecule has 3 aromatic rings. The Kier molecular flexibility index (Phi) is 4.95. The van der Waals surface area contributed by atoms with E-state index in [4.69, 9.17) is 12.2 Å². The number of benzene rings is 1. The molecule has 5 heteroatoms. The largest absolute Gasteiger partial charge is 0.351 e. The molecular formula is C24H28N4S. The summed E-state index contributed by atoms with van der Waals surface area (Å²) in [6, 6.07) is 14.9. The number of nitrogens with one attached hydrogen (secondary N) is 1. The number of pyridine rings is 1. The van der Waals surface area contributed by atoms with Crippen LogP contribution in [0.25, 0.3) is 0 Å². The van der Waals surface area contributed by atoms with Crippen molar-refractivity contribution in [1.82, 2.24) is 14.9 Å². The Morgan fingerprint density at radius 2 is 1.76 bits per heavy atom. The van der Waals surface area contributed by atoms with E-state index in [0.717, 1.165) is 16.5 Å². The maximum atomic E-state index is 5.82. The monoisotopic (exact) mass is 404 g/mol. The van der Waals surface area contributed by atoms with Crippen LogP contribution in [0.3, 0.4) is 0 Å². The standard InChI is InChI=1S/C24H28N4S/c1-16-12-17(2)14-19(13-16)28-22(18-9-11-27(15-18)24(3,4)5)21(26-23(28)29)20-8-6-7-10-25-20/h6-15,21-22H,1-5H3,(H,26,29)/t21-,22-/m0/s1. The van der Waals surface area contributed by atoms with Gasteiger partial charge in [0.05, 0.1) is 17.8 Å². The number of aryl methyl sites for hydroxylation is 2. The van der Waals surface area contributed by atoms with Gasteiger partial charge in [-0.1, -0.05) is 12.1 Å². The quantitative estimate of drug-likeness (QED) is 0.590. The van der Waals surface area contributed by atoms with E-state index in [9.17, 15) is 0 Å². The molecule has 0 amide bonds. The third-order valence-electron chi connectivity index (χ3n) is 5.41. The van der Waals surface area contributed by atoms with Crippen LogP contribution in [0.5, 0.6) is 0 Å². The van der Waals surface area contributed by atoms with Crippen LogP contribution >= 0.6 is 12.2 Å². The molecule has 1 aromatic carbocycles. The number of aromatic nitrogens is 2. The minimum atomic E-state index is -0.0136. The predicted octanol–water partition coefficient (Wildman–Crippen LogP) is 5.43. The molecule has 1 aliphatic rings. The van der Waals surface area contributed by atoms with E-state index >= 15 is 0 Å². The van der Waals surface area contributed by atoms with Crippen molar-refractivity contribution < 1.29 is 0 Å². The predicted molar refractivity (Wildman–Crippen MR) is 123 cm³/mol. The molecule has 0 radical (unpaired) electrons. The highest BCUT2D eigenvalue weighted by Gasteiger charge is 2.41. The number of hydrogen-bond donors (Lipinski definition) is 1. The molecule has 0 saturated carbocycles. The van der Waals surface area contributed by atoms with E-state index in [-0.39, 0.29) is 17.6 Å². The summed E-state index contributed by atoms with van der Waals surface area (Å²) in [7, 11) is 0. The van der Waals surface area contributed by atoms with Gasteiger partial charge in [-0.05, 0) is 93.9 Å². The van der Waals surface area contributed by atoms with Crippen LogP contribution in [0.15, 0.2) is 61.1 Å². The molecule has 1 fully saturated rings. The highest BCUT2D eigenvalue weighted by molar-refractivity contribution is 7.80. The van der Waals surface area contributed by atoms with Gasteiger partial charge in [0.2, 0.25) is 0 Å². The molecule has 0 bridgehead atoms. The van der Waals surface area contributed by atoms with Gasteiger partial charge < -0.3 is 14.8 Å². The number of rotatable bonds is 3. The summed E-state index contributed by atoms with van der Waals surface area (Å²) in [5, 5.41) is 4.28. The van der Waals surface area contributed by atoms with Crippen LogP contribution in [0.2, 0.25) is 0 Å². The Labute approximate surface area is 178 Å². The topological polar surface area (TPSA) is 33.1 Å². The Hall–Kier alpha value is -2.66. The third-order valence-corrected chi connectivity index (χ3v) is 5.73. The van der Waals surface area contributed by atoms with E-state index in [1.54, 1.807) is 0 Å². The lowest BCUT2D eigenvalue weighted by molar-refractivity contribution is 0.397. The van der Waals surface area contributed by atoms with Crippen molar-refractivity contribution in [3.05, 3.63) is 83.4 Å². The summed E-state index contributed by atoms with van der Waals surface area (Å²) in [6.45, 7) is 10.9. The van der Waals surface area contributed by atoms with Gasteiger partial charge in [-0.3, -0.25) is 4.98 Å². The minimum Gasteiger partial charge on any atom is -0.351 e. The molecule has 2 atom stereocenters. The fourth-order valence-electron chi connectivity index (χ4n) is 4.07. The fourth-order valence-corrected chi connectivity index (χ4v) is 4.41. The first-order valence-electron chi connectivity index (χ1n) is 10.0. The molecule has 0 aliphatic carbocycles. The zero-order valence-electron chi connectivity index (χ0n) is 17.7. The van der Waals surface area contributed by atoms with Crippen molar-refractivity contribution in [3.63, 3.8) is 0 Å². The van der Waals surface area contributed by atoms with Crippen LogP contribution < -0.4 is 10.2 Å². The Morgan fingerprint density at radius 1 is 1.03 bits per heavy atom. The summed E-state index contributed by atoms with van der Waals surface area (Å²) in [5.74, 6) is 0. The van der Waals surface area contributed by atoms with Crippen molar-refractivity contribution in [3.8, 4) is 0 Å². The van der Waals surface area contributed by atoms with E-state index in [0.29, 0.717) is 0 Å². The molecule has 3 heterocycles. The number of anilines is 1. The zero-order chi connectivity index (χ0) is 20.8. The first-order valence-corrected chi connectivity index (χ1v) is 10.4. The summed E-state index contributed by atoms with van der Waals surface area (Å²) in [6.07, 6.45) is 6.24. The van der Waals surface area contributed by atoms with Crippen molar-refractivity contribution in [2.45, 2.75) is 52.2 Å². The smallest absolute Gasteiger partial charge is 0.174 e. The summed E-state index contributed by atoms with van der Waals surface area (Å²) in [4.78, 5) is 6.88. The van der Waals surface area contributed by atoms with Crippen LogP contribution in [0.1, 0.15) is 55.2 Å². The van der Waals surface area contributed by atoms with Gasteiger partial charge in [-0.25, -0.2) is 0 Å². The van der Waals surface area contributed by atoms with Crippen molar-refractivity contribution in [2.75, 3.05) is 4.90 Å². The Balaban J connectivity index is 1.85. The highest BCUT2D eigenvalue weighted by Crippen LogP contribution is 2.42. The Bertz CT molecular complexity index is 1010. The molecule has 4 nitrogen and oxygen atoms in total. The average molecular weight is 405 g/mol. The van der Waals surface area contributed by atoms with E-state index in [2.05, 4.69) is 97.1 Å². The van der Waals surface area contributed by atoms with Gasteiger partial charge in [-0.15, -0.1) is 0 Å². The van der Waals surface area contributed by atoms with Gasteiger partial charge in [0, 0.05) is 29.8 Å².